The topological polar surface area (TPSA) is 73.8 Å². The van der Waals surface area contributed by atoms with Gasteiger partial charge in [-0.2, -0.15) is 15.1 Å². The number of hydrazone groups is 1. The number of hydrogen-bond donors (Lipinski definition) is 1. The number of hydrogen-bond acceptors (Lipinski definition) is 4. The van der Waals surface area contributed by atoms with E-state index in [9.17, 15) is 9.18 Å². The fraction of sp³-hybridized carbons (Fsp3) is 0.120. The van der Waals surface area contributed by atoms with Gasteiger partial charge in [0.1, 0.15) is 10.9 Å². The molecule has 2 aromatic carbocycles. The van der Waals surface area contributed by atoms with Gasteiger partial charge in [0.25, 0.3) is 5.91 Å². The third kappa shape index (κ3) is 3.52. The lowest BCUT2D eigenvalue weighted by atomic mass is 10.1. The van der Waals surface area contributed by atoms with Crippen molar-refractivity contribution < 1.29 is 9.18 Å². The molecule has 0 atom stereocenters. The van der Waals surface area contributed by atoms with Crippen molar-refractivity contribution in [1.29, 1.82) is 5.41 Å². The first-order valence-corrected chi connectivity index (χ1v) is 11.2. The number of aliphatic imine (C=N–C) groups is 1. The fourth-order valence-electron chi connectivity index (χ4n) is 4.01. The van der Waals surface area contributed by atoms with E-state index in [0.29, 0.717) is 15.9 Å². The van der Waals surface area contributed by atoms with Gasteiger partial charge in [-0.15, -0.1) is 0 Å². The molecule has 2 aliphatic heterocycles. The van der Waals surface area contributed by atoms with Crippen molar-refractivity contribution in [1.82, 2.24) is 9.58 Å². The maximum atomic E-state index is 14.4. The predicted octanol–water partition coefficient (Wildman–Crippen LogP) is 5.21. The lowest BCUT2D eigenvalue weighted by molar-refractivity contribution is -0.114. The van der Waals surface area contributed by atoms with Crippen LogP contribution in [0, 0.1) is 32.0 Å². The van der Waals surface area contributed by atoms with Crippen LogP contribution in [0.1, 0.15) is 28.1 Å². The lowest BCUT2D eigenvalue weighted by Gasteiger charge is -2.20. The quantitative estimate of drug-likeness (QED) is 0.549. The first-order valence-electron chi connectivity index (χ1n) is 10.3. The Morgan fingerprint density at radius 3 is 2.55 bits per heavy atom. The van der Waals surface area contributed by atoms with Crippen molar-refractivity contribution in [2.45, 2.75) is 20.8 Å². The summed E-state index contributed by atoms with van der Waals surface area (Å²) in [6.07, 6.45) is 1.64. The van der Waals surface area contributed by atoms with E-state index in [1.54, 1.807) is 28.8 Å². The number of carbonyl (C=O) groups is 1. The van der Waals surface area contributed by atoms with Gasteiger partial charge in [-0.25, -0.2) is 4.39 Å². The number of halogens is 1. The predicted molar refractivity (Wildman–Crippen MR) is 130 cm³/mol. The standard InChI is InChI=1S/C25H20FN5OS/c1-14-8-4-5-9-18(14)24-29-31-22(27)19(23(32)28-25(31)33-24)13-17-12-15(2)30(16(17)3)21-11-7-6-10-20(21)26/h4-13,27H,1-3H3. The molecule has 0 aliphatic carbocycles. The van der Waals surface area contributed by atoms with Crippen LogP contribution in [-0.4, -0.2) is 31.5 Å². The Morgan fingerprint density at radius 1 is 1.06 bits per heavy atom. The van der Waals surface area contributed by atoms with E-state index in [1.807, 2.05) is 51.1 Å². The summed E-state index contributed by atoms with van der Waals surface area (Å²) in [7, 11) is 0. The summed E-state index contributed by atoms with van der Waals surface area (Å²) in [5.74, 6) is -0.853. The molecule has 3 heterocycles. The Labute approximate surface area is 194 Å². The Bertz CT molecular complexity index is 1430. The molecule has 0 saturated carbocycles. The molecule has 0 saturated heterocycles. The number of nitrogens with zero attached hydrogens (tertiary/aromatic N) is 4. The molecule has 1 N–H and O–H groups in total. The van der Waals surface area contributed by atoms with Gasteiger partial charge in [0.05, 0.1) is 11.3 Å². The van der Waals surface area contributed by atoms with Crippen LogP contribution in [0.15, 0.2) is 70.3 Å². The average Bonchev–Trinajstić information content (AvgIpc) is 3.32. The molecule has 1 amide bonds. The first-order chi connectivity index (χ1) is 15.8. The SMILES string of the molecule is Cc1ccccc1C1=NN2C(=N)C(=Cc3cc(C)n(-c4ccccc4F)c3C)C(=O)N=C2S1. The normalized spacial score (nSPS) is 16.8. The second-order valence-corrected chi connectivity index (χ2v) is 8.81. The summed E-state index contributed by atoms with van der Waals surface area (Å²) >= 11 is 1.28. The Hall–Kier alpha value is -3.78. The van der Waals surface area contributed by atoms with Crippen molar-refractivity contribution in [3.8, 4) is 5.69 Å². The van der Waals surface area contributed by atoms with Crippen LogP contribution in [0.25, 0.3) is 11.8 Å². The Kier molecular flexibility index (Phi) is 5.09. The minimum Gasteiger partial charge on any atom is -0.315 e. The van der Waals surface area contributed by atoms with Crippen molar-refractivity contribution in [2.24, 2.45) is 10.1 Å². The van der Waals surface area contributed by atoms with Crippen molar-refractivity contribution in [3.05, 3.63) is 94.1 Å². The highest BCUT2D eigenvalue weighted by Gasteiger charge is 2.36. The van der Waals surface area contributed by atoms with E-state index in [0.717, 1.165) is 28.1 Å². The van der Waals surface area contributed by atoms with Crippen LogP contribution in [0.3, 0.4) is 0 Å². The molecule has 164 valence electrons. The summed E-state index contributed by atoms with van der Waals surface area (Å²) in [4.78, 5) is 17.0. The number of aryl methyl sites for hydroxylation is 2. The molecule has 0 unspecified atom stereocenters. The molecule has 6 nitrogen and oxygen atoms in total. The fourth-order valence-corrected chi connectivity index (χ4v) is 4.99. The van der Waals surface area contributed by atoms with E-state index < -0.39 is 5.91 Å². The van der Waals surface area contributed by atoms with Crippen LogP contribution in [0.2, 0.25) is 0 Å². The average molecular weight is 458 g/mol. The number of benzene rings is 2. The van der Waals surface area contributed by atoms with E-state index in [1.165, 1.54) is 22.8 Å². The van der Waals surface area contributed by atoms with Gasteiger partial charge in [-0.3, -0.25) is 10.2 Å². The zero-order valence-corrected chi connectivity index (χ0v) is 19.1. The zero-order chi connectivity index (χ0) is 23.3. The van der Waals surface area contributed by atoms with E-state index in [4.69, 9.17) is 5.41 Å². The smallest absolute Gasteiger partial charge is 0.283 e. The van der Waals surface area contributed by atoms with Gasteiger partial charge in [0, 0.05) is 17.0 Å². The van der Waals surface area contributed by atoms with Crippen LogP contribution < -0.4 is 0 Å². The number of nitrogens with one attached hydrogen (secondary N) is 1. The monoisotopic (exact) mass is 457 g/mol. The molecule has 0 spiro atoms. The molecule has 0 radical (unpaired) electrons. The Balaban J connectivity index is 1.53. The molecule has 5 rings (SSSR count). The number of amidine groups is 2. The van der Waals surface area contributed by atoms with E-state index in [-0.39, 0.29) is 17.2 Å². The molecule has 8 heteroatoms. The molecule has 2 aliphatic rings. The second kappa shape index (κ2) is 7.97. The minimum absolute atomic E-state index is 0.0308. The van der Waals surface area contributed by atoms with Gasteiger partial charge in [0.2, 0.25) is 5.17 Å². The van der Waals surface area contributed by atoms with E-state index >= 15 is 0 Å². The second-order valence-electron chi connectivity index (χ2n) is 7.85. The highest BCUT2D eigenvalue weighted by Crippen LogP contribution is 2.32. The van der Waals surface area contributed by atoms with Crippen molar-refractivity contribution in [3.63, 3.8) is 0 Å². The molecular weight excluding hydrogens is 437 g/mol. The van der Waals surface area contributed by atoms with E-state index in [2.05, 4.69) is 10.1 Å². The van der Waals surface area contributed by atoms with Crippen molar-refractivity contribution >= 4 is 39.8 Å². The molecular formula is C25H20FN5OS. The van der Waals surface area contributed by atoms with Gasteiger partial charge in [-0.05, 0) is 67.9 Å². The van der Waals surface area contributed by atoms with Crippen LogP contribution in [0.4, 0.5) is 4.39 Å². The number of para-hydroxylation sites is 1. The number of carbonyl (C=O) groups excluding carboxylic acids is 1. The number of amides is 1. The van der Waals surface area contributed by atoms with Gasteiger partial charge in [-0.1, -0.05) is 36.4 Å². The number of aromatic nitrogens is 1. The highest BCUT2D eigenvalue weighted by molar-refractivity contribution is 8.27. The zero-order valence-electron chi connectivity index (χ0n) is 18.3. The van der Waals surface area contributed by atoms with Crippen molar-refractivity contribution in [2.75, 3.05) is 0 Å². The Morgan fingerprint density at radius 2 is 1.79 bits per heavy atom. The number of rotatable bonds is 3. The lowest BCUT2D eigenvalue weighted by Crippen LogP contribution is -2.35. The molecule has 3 aromatic rings. The molecule has 0 bridgehead atoms. The molecule has 0 fully saturated rings. The minimum atomic E-state index is -0.490. The van der Waals surface area contributed by atoms with Gasteiger partial charge < -0.3 is 4.57 Å². The third-order valence-electron chi connectivity index (χ3n) is 5.69. The van der Waals surface area contributed by atoms with Crippen LogP contribution in [-0.2, 0) is 4.79 Å². The summed E-state index contributed by atoms with van der Waals surface area (Å²) in [5.41, 5.74) is 4.88. The number of thioether (sulfide) groups is 1. The largest absolute Gasteiger partial charge is 0.315 e. The highest BCUT2D eigenvalue weighted by atomic mass is 32.2. The van der Waals surface area contributed by atoms with Crippen LogP contribution in [0.5, 0.6) is 0 Å². The van der Waals surface area contributed by atoms with Gasteiger partial charge >= 0.3 is 0 Å². The first kappa shape index (κ1) is 21.1. The summed E-state index contributed by atoms with van der Waals surface area (Å²) in [6, 6.07) is 16.2. The molecule has 33 heavy (non-hydrogen) atoms. The van der Waals surface area contributed by atoms with Gasteiger partial charge in [0.15, 0.2) is 5.84 Å². The number of fused-ring (bicyclic) bond motifs is 1. The summed E-state index contributed by atoms with van der Waals surface area (Å²) in [6.45, 7) is 5.73. The summed E-state index contributed by atoms with van der Waals surface area (Å²) < 4.78 is 16.2. The third-order valence-corrected chi connectivity index (χ3v) is 6.64. The molecule has 1 aromatic heterocycles. The summed E-state index contributed by atoms with van der Waals surface area (Å²) in [5, 5.41) is 15.7. The maximum absolute atomic E-state index is 14.4. The van der Waals surface area contributed by atoms with Crippen LogP contribution >= 0.6 is 11.8 Å². The maximum Gasteiger partial charge on any atom is 0.283 e.